The number of nitrogens with zero attached hydrogens (tertiary/aromatic N) is 1. The molecule has 0 heterocycles. The van der Waals surface area contributed by atoms with Gasteiger partial charge in [-0.05, 0) is 37.3 Å². The Morgan fingerprint density at radius 2 is 1.96 bits per heavy atom. The lowest BCUT2D eigenvalue weighted by Crippen LogP contribution is -2.29. The zero-order valence-corrected chi connectivity index (χ0v) is 15.8. The monoisotopic (exact) mass is 404 g/mol. The van der Waals surface area contributed by atoms with Crippen molar-refractivity contribution in [3.8, 4) is 5.75 Å². The van der Waals surface area contributed by atoms with Gasteiger partial charge in [0.05, 0.1) is 23.3 Å². The number of para-hydroxylation sites is 1. The number of rotatable bonds is 7. The van der Waals surface area contributed by atoms with Crippen molar-refractivity contribution in [1.29, 1.82) is 0 Å². The molecule has 2 aromatic carbocycles. The van der Waals surface area contributed by atoms with Gasteiger partial charge in [0.2, 0.25) is 0 Å². The summed E-state index contributed by atoms with van der Waals surface area (Å²) in [5, 5.41) is 13.9. The number of carbonyl (C=O) groups is 2. The molecule has 0 radical (unpaired) electrons. The topological polar surface area (TPSA) is 108 Å². The van der Waals surface area contributed by atoms with Crippen molar-refractivity contribution >= 4 is 40.9 Å². The Morgan fingerprint density at radius 1 is 1.25 bits per heavy atom. The number of amides is 1. The van der Waals surface area contributed by atoms with E-state index in [0.717, 1.165) is 6.08 Å². The number of carbonyl (C=O) groups excluding carboxylic acids is 2. The summed E-state index contributed by atoms with van der Waals surface area (Å²) >= 11 is 5.91. The van der Waals surface area contributed by atoms with Crippen molar-refractivity contribution in [2.75, 3.05) is 12.4 Å². The van der Waals surface area contributed by atoms with Gasteiger partial charge in [0.1, 0.15) is 5.75 Å². The van der Waals surface area contributed by atoms with E-state index in [1.807, 2.05) is 0 Å². The fraction of sp³-hybridized carbons (Fsp3) is 0.158. The molecule has 1 atom stereocenters. The van der Waals surface area contributed by atoms with Gasteiger partial charge in [-0.25, -0.2) is 4.79 Å². The highest BCUT2D eigenvalue weighted by Gasteiger charge is 2.19. The van der Waals surface area contributed by atoms with E-state index in [1.54, 1.807) is 18.2 Å². The van der Waals surface area contributed by atoms with Crippen LogP contribution in [-0.2, 0) is 14.3 Å². The molecule has 146 valence electrons. The van der Waals surface area contributed by atoms with Crippen LogP contribution < -0.4 is 10.1 Å². The number of nitro groups is 1. The van der Waals surface area contributed by atoms with E-state index >= 15 is 0 Å². The number of esters is 1. The summed E-state index contributed by atoms with van der Waals surface area (Å²) < 4.78 is 10.2. The maximum absolute atomic E-state index is 12.2. The normalized spacial score (nSPS) is 11.7. The summed E-state index contributed by atoms with van der Waals surface area (Å²) in [5.41, 5.74) is 0.425. The van der Waals surface area contributed by atoms with E-state index in [1.165, 1.54) is 44.4 Å². The van der Waals surface area contributed by atoms with Gasteiger partial charge >= 0.3 is 5.97 Å². The van der Waals surface area contributed by atoms with Crippen molar-refractivity contribution in [3.63, 3.8) is 0 Å². The Labute approximate surface area is 165 Å². The lowest BCUT2D eigenvalue weighted by molar-refractivity contribution is -0.385. The van der Waals surface area contributed by atoms with Crippen LogP contribution in [0.3, 0.4) is 0 Å². The van der Waals surface area contributed by atoms with Gasteiger partial charge in [-0.2, -0.15) is 0 Å². The first-order chi connectivity index (χ1) is 13.3. The van der Waals surface area contributed by atoms with Crippen LogP contribution in [0.2, 0.25) is 5.02 Å². The van der Waals surface area contributed by atoms with Gasteiger partial charge < -0.3 is 14.8 Å². The van der Waals surface area contributed by atoms with Gasteiger partial charge in [-0.15, -0.1) is 0 Å². The minimum Gasteiger partial charge on any atom is -0.495 e. The molecule has 0 bridgehead atoms. The fourth-order valence-electron chi connectivity index (χ4n) is 2.23. The average Bonchev–Trinajstić information content (AvgIpc) is 2.66. The second kappa shape index (κ2) is 9.52. The highest BCUT2D eigenvalue weighted by atomic mass is 35.5. The number of hydrogen-bond acceptors (Lipinski definition) is 6. The molecule has 0 aliphatic rings. The van der Waals surface area contributed by atoms with Gasteiger partial charge in [0.15, 0.2) is 6.10 Å². The second-order valence-electron chi connectivity index (χ2n) is 5.56. The van der Waals surface area contributed by atoms with E-state index < -0.39 is 22.9 Å². The summed E-state index contributed by atoms with van der Waals surface area (Å²) in [6.07, 6.45) is 1.16. The van der Waals surface area contributed by atoms with Gasteiger partial charge in [0, 0.05) is 17.2 Å². The summed E-state index contributed by atoms with van der Waals surface area (Å²) in [5.74, 6) is -1.01. The summed E-state index contributed by atoms with van der Waals surface area (Å²) in [7, 11) is 1.44. The van der Waals surface area contributed by atoms with Gasteiger partial charge in [-0.3, -0.25) is 14.9 Å². The van der Waals surface area contributed by atoms with E-state index in [-0.39, 0.29) is 11.3 Å². The molecular weight excluding hydrogens is 388 g/mol. The number of ether oxygens (including phenoxy) is 2. The molecular formula is C19H17ClN2O6. The van der Waals surface area contributed by atoms with Crippen molar-refractivity contribution < 1.29 is 24.0 Å². The first kappa shape index (κ1) is 20.9. The largest absolute Gasteiger partial charge is 0.495 e. The van der Waals surface area contributed by atoms with Crippen LogP contribution in [0.15, 0.2) is 48.5 Å². The van der Waals surface area contributed by atoms with Crippen molar-refractivity contribution in [1.82, 2.24) is 0 Å². The maximum Gasteiger partial charge on any atom is 0.331 e. The highest BCUT2D eigenvalue weighted by molar-refractivity contribution is 6.31. The Bertz CT molecular complexity index is 928. The number of benzene rings is 2. The standard InChI is InChI=1S/C19H17ClN2O6/c1-12(19(24)21-15-11-14(20)8-9-17(15)27-2)28-18(23)10-7-13-5-3-4-6-16(13)22(25)26/h3-12H,1-2H3,(H,21,24)/b10-7+/t12-/m1/s1. The highest BCUT2D eigenvalue weighted by Crippen LogP contribution is 2.27. The first-order valence-corrected chi connectivity index (χ1v) is 8.46. The third-order valence-electron chi connectivity index (χ3n) is 3.61. The summed E-state index contributed by atoms with van der Waals surface area (Å²) in [6, 6.07) is 10.6. The van der Waals surface area contributed by atoms with Crippen molar-refractivity contribution in [2.45, 2.75) is 13.0 Å². The third-order valence-corrected chi connectivity index (χ3v) is 3.85. The number of nitrogens with one attached hydrogen (secondary N) is 1. The van der Waals surface area contributed by atoms with E-state index in [0.29, 0.717) is 16.5 Å². The van der Waals surface area contributed by atoms with Crippen LogP contribution in [0, 0.1) is 10.1 Å². The SMILES string of the molecule is COc1ccc(Cl)cc1NC(=O)[C@@H](C)OC(=O)/C=C/c1ccccc1[N+](=O)[O-]. The minimum absolute atomic E-state index is 0.148. The number of nitro benzene ring substituents is 1. The molecule has 2 rings (SSSR count). The molecule has 0 saturated heterocycles. The smallest absolute Gasteiger partial charge is 0.331 e. The van der Waals surface area contributed by atoms with Crippen LogP contribution in [0.25, 0.3) is 6.08 Å². The number of hydrogen-bond donors (Lipinski definition) is 1. The predicted molar refractivity (Wildman–Crippen MR) is 104 cm³/mol. The fourth-order valence-corrected chi connectivity index (χ4v) is 2.40. The molecule has 0 aliphatic heterocycles. The zero-order valence-electron chi connectivity index (χ0n) is 15.0. The molecule has 1 N–H and O–H groups in total. The van der Waals surface area contributed by atoms with E-state index in [4.69, 9.17) is 21.1 Å². The Morgan fingerprint density at radius 3 is 2.64 bits per heavy atom. The van der Waals surface area contributed by atoms with Gasteiger partial charge in [0.25, 0.3) is 11.6 Å². The number of methoxy groups -OCH3 is 1. The molecule has 28 heavy (non-hydrogen) atoms. The molecule has 0 spiro atoms. The molecule has 1 amide bonds. The molecule has 0 fully saturated rings. The molecule has 9 heteroatoms. The molecule has 0 aliphatic carbocycles. The molecule has 2 aromatic rings. The number of halogens is 1. The lowest BCUT2D eigenvalue weighted by atomic mass is 10.1. The second-order valence-corrected chi connectivity index (χ2v) is 6.00. The predicted octanol–water partition coefficient (Wildman–Crippen LogP) is 3.84. The van der Waals surface area contributed by atoms with Crippen molar-refractivity contribution in [2.24, 2.45) is 0 Å². The van der Waals surface area contributed by atoms with Crippen molar-refractivity contribution in [3.05, 3.63) is 69.2 Å². The average molecular weight is 405 g/mol. The van der Waals surface area contributed by atoms with Crippen LogP contribution in [0.1, 0.15) is 12.5 Å². The van der Waals surface area contributed by atoms with Crippen LogP contribution in [-0.4, -0.2) is 30.0 Å². The Hall–Kier alpha value is -3.39. The lowest BCUT2D eigenvalue weighted by Gasteiger charge is -2.14. The van der Waals surface area contributed by atoms with Gasteiger partial charge in [-0.1, -0.05) is 23.7 Å². The Kier molecular flexibility index (Phi) is 7.11. The van der Waals surface area contributed by atoms with E-state index in [2.05, 4.69) is 5.32 Å². The maximum atomic E-state index is 12.2. The molecule has 0 aromatic heterocycles. The quantitative estimate of drug-likeness (QED) is 0.325. The van der Waals surface area contributed by atoms with Crippen LogP contribution >= 0.6 is 11.6 Å². The third kappa shape index (κ3) is 5.55. The molecule has 0 unspecified atom stereocenters. The Balaban J connectivity index is 2.01. The first-order valence-electron chi connectivity index (χ1n) is 8.08. The number of anilines is 1. The summed E-state index contributed by atoms with van der Waals surface area (Å²) in [4.78, 5) is 34.6. The van der Waals surface area contributed by atoms with Crippen LogP contribution in [0.5, 0.6) is 5.75 Å². The molecule has 0 saturated carbocycles. The zero-order chi connectivity index (χ0) is 20.7. The van der Waals surface area contributed by atoms with Crippen LogP contribution in [0.4, 0.5) is 11.4 Å². The summed E-state index contributed by atoms with van der Waals surface area (Å²) in [6.45, 7) is 1.39. The van der Waals surface area contributed by atoms with E-state index in [9.17, 15) is 19.7 Å². The minimum atomic E-state index is -1.12. The molecule has 8 nitrogen and oxygen atoms in total.